The zero-order valence-electron chi connectivity index (χ0n) is 10.4. The number of aliphatic hydroxyl groups is 1. The van der Waals surface area contributed by atoms with Gasteiger partial charge in [0.2, 0.25) is 0 Å². The third-order valence-corrected chi connectivity index (χ3v) is 4.49. The lowest BCUT2D eigenvalue weighted by Crippen LogP contribution is -2.54. The summed E-state index contributed by atoms with van der Waals surface area (Å²) in [6.07, 6.45) is 5.63. The monoisotopic (exact) mass is 211 g/mol. The molecule has 1 N–H and O–H groups in total. The fourth-order valence-corrected chi connectivity index (χ4v) is 2.73. The van der Waals surface area contributed by atoms with E-state index in [0.29, 0.717) is 11.5 Å². The minimum absolute atomic E-state index is 0.385. The van der Waals surface area contributed by atoms with Gasteiger partial charge in [0.25, 0.3) is 0 Å². The van der Waals surface area contributed by atoms with Crippen molar-refractivity contribution in [1.82, 2.24) is 4.90 Å². The molecule has 1 unspecified atom stereocenters. The molecule has 0 bridgehead atoms. The van der Waals surface area contributed by atoms with Crippen LogP contribution in [0.25, 0.3) is 0 Å². The zero-order valence-corrected chi connectivity index (χ0v) is 10.4. The van der Waals surface area contributed by atoms with Crippen LogP contribution in [0.4, 0.5) is 0 Å². The predicted molar refractivity (Wildman–Crippen MR) is 62.9 cm³/mol. The number of likely N-dealkylation sites (tertiary alicyclic amines) is 1. The van der Waals surface area contributed by atoms with E-state index in [0.717, 1.165) is 19.4 Å². The van der Waals surface area contributed by atoms with Crippen LogP contribution in [0.15, 0.2) is 0 Å². The molecule has 2 aliphatic rings. The van der Waals surface area contributed by atoms with Crippen molar-refractivity contribution in [2.24, 2.45) is 5.41 Å². The first-order valence-corrected chi connectivity index (χ1v) is 6.37. The molecule has 2 heteroatoms. The number of β-amino-alcohol motifs (C(OH)–C–C–N with tert-alkyl or cyclic N) is 1. The van der Waals surface area contributed by atoms with Crippen molar-refractivity contribution < 1.29 is 5.11 Å². The van der Waals surface area contributed by atoms with Gasteiger partial charge in [-0.2, -0.15) is 0 Å². The summed E-state index contributed by atoms with van der Waals surface area (Å²) in [6, 6.07) is 0.698. The third kappa shape index (κ3) is 2.54. The van der Waals surface area contributed by atoms with E-state index in [1.165, 1.54) is 25.8 Å². The van der Waals surface area contributed by atoms with Crippen molar-refractivity contribution >= 4 is 0 Å². The molecule has 2 rings (SSSR count). The average molecular weight is 211 g/mol. The average Bonchev–Trinajstić information content (AvgIpc) is 2.18. The number of hydrogen-bond acceptors (Lipinski definition) is 2. The Kier molecular flexibility index (Phi) is 2.85. The van der Waals surface area contributed by atoms with Crippen LogP contribution in [0, 0.1) is 5.41 Å². The summed E-state index contributed by atoms with van der Waals surface area (Å²) in [6.45, 7) is 8.99. The topological polar surface area (TPSA) is 23.5 Å². The summed E-state index contributed by atoms with van der Waals surface area (Å²) in [4.78, 5) is 2.43. The summed E-state index contributed by atoms with van der Waals surface area (Å²) < 4.78 is 0. The first-order chi connectivity index (χ1) is 6.90. The van der Waals surface area contributed by atoms with Crippen LogP contribution in [-0.2, 0) is 0 Å². The molecule has 0 aromatic heterocycles. The van der Waals surface area contributed by atoms with Crippen LogP contribution >= 0.6 is 0 Å². The number of hydrogen-bond donors (Lipinski definition) is 1. The van der Waals surface area contributed by atoms with E-state index in [1.807, 2.05) is 0 Å². The predicted octanol–water partition coefficient (Wildman–Crippen LogP) is 2.41. The number of nitrogens with zero attached hydrogens (tertiary/aromatic N) is 1. The van der Waals surface area contributed by atoms with Crippen molar-refractivity contribution in [2.75, 3.05) is 13.1 Å². The first-order valence-electron chi connectivity index (χ1n) is 6.37. The van der Waals surface area contributed by atoms with Gasteiger partial charge in [-0.15, -0.1) is 0 Å². The number of rotatable bonds is 2. The largest absolute Gasteiger partial charge is 0.389 e. The Bertz CT molecular complexity index is 227. The molecular weight excluding hydrogens is 186 g/mol. The highest BCUT2D eigenvalue weighted by Crippen LogP contribution is 2.41. The molecule has 1 saturated carbocycles. The van der Waals surface area contributed by atoms with Gasteiger partial charge in [-0.3, -0.25) is 4.90 Å². The molecule has 1 heterocycles. The van der Waals surface area contributed by atoms with Crippen LogP contribution in [-0.4, -0.2) is 34.7 Å². The van der Waals surface area contributed by atoms with E-state index in [1.54, 1.807) is 0 Å². The van der Waals surface area contributed by atoms with Gasteiger partial charge in [0.15, 0.2) is 0 Å². The van der Waals surface area contributed by atoms with Gasteiger partial charge in [-0.05, 0) is 44.4 Å². The van der Waals surface area contributed by atoms with Crippen LogP contribution in [0.1, 0.15) is 52.9 Å². The fraction of sp³-hybridized carbons (Fsp3) is 1.00. The van der Waals surface area contributed by atoms with Gasteiger partial charge in [-0.1, -0.05) is 13.8 Å². The summed E-state index contributed by atoms with van der Waals surface area (Å²) in [5.74, 6) is 0. The lowest BCUT2D eigenvalue weighted by Gasteiger charge is -2.47. The Hall–Kier alpha value is -0.0800. The van der Waals surface area contributed by atoms with Crippen molar-refractivity contribution in [2.45, 2.75) is 64.5 Å². The molecule has 0 aromatic carbocycles. The van der Waals surface area contributed by atoms with E-state index in [4.69, 9.17) is 0 Å². The summed E-state index contributed by atoms with van der Waals surface area (Å²) >= 11 is 0. The third-order valence-electron chi connectivity index (χ3n) is 4.49. The Balaban J connectivity index is 1.86. The Morgan fingerprint density at radius 2 is 1.80 bits per heavy atom. The van der Waals surface area contributed by atoms with Crippen molar-refractivity contribution in [3.8, 4) is 0 Å². The van der Waals surface area contributed by atoms with Gasteiger partial charge >= 0.3 is 0 Å². The minimum Gasteiger partial charge on any atom is -0.389 e. The van der Waals surface area contributed by atoms with Crippen LogP contribution in [0.5, 0.6) is 0 Å². The van der Waals surface area contributed by atoms with Gasteiger partial charge in [0.05, 0.1) is 5.60 Å². The molecular formula is C13H25NO. The highest BCUT2D eigenvalue weighted by molar-refractivity contribution is 4.94. The van der Waals surface area contributed by atoms with Gasteiger partial charge in [0, 0.05) is 19.1 Å². The molecule has 2 nitrogen and oxygen atoms in total. The lowest BCUT2D eigenvalue weighted by molar-refractivity contribution is -0.0724. The molecule has 1 saturated heterocycles. The molecule has 0 radical (unpaired) electrons. The molecule has 0 aromatic rings. The summed E-state index contributed by atoms with van der Waals surface area (Å²) in [5, 5.41) is 10.5. The lowest BCUT2D eigenvalue weighted by atomic mass is 9.70. The highest BCUT2D eigenvalue weighted by atomic mass is 16.3. The molecule has 1 atom stereocenters. The van der Waals surface area contributed by atoms with Crippen molar-refractivity contribution in [3.05, 3.63) is 0 Å². The Morgan fingerprint density at radius 3 is 2.20 bits per heavy atom. The SMILES string of the molecule is CC1CCN1CC1(O)CCC(C)(C)CC1. The minimum atomic E-state index is -0.385. The fourth-order valence-electron chi connectivity index (χ4n) is 2.73. The second-order valence-corrected chi connectivity index (χ2v) is 6.50. The maximum absolute atomic E-state index is 10.5. The molecule has 1 aliphatic carbocycles. The maximum Gasteiger partial charge on any atom is 0.0774 e. The van der Waals surface area contributed by atoms with E-state index in [-0.39, 0.29) is 5.60 Å². The van der Waals surface area contributed by atoms with Crippen molar-refractivity contribution in [3.63, 3.8) is 0 Å². The quantitative estimate of drug-likeness (QED) is 0.758. The first kappa shape index (κ1) is 11.4. The Labute approximate surface area is 93.7 Å². The summed E-state index contributed by atoms with van der Waals surface area (Å²) in [5.41, 5.74) is 0.0665. The zero-order chi connectivity index (χ0) is 11.1. The van der Waals surface area contributed by atoms with Gasteiger partial charge in [-0.25, -0.2) is 0 Å². The second-order valence-electron chi connectivity index (χ2n) is 6.50. The molecule has 2 fully saturated rings. The van der Waals surface area contributed by atoms with Crippen LogP contribution < -0.4 is 0 Å². The van der Waals surface area contributed by atoms with Crippen LogP contribution in [0.2, 0.25) is 0 Å². The van der Waals surface area contributed by atoms with E-state index < -0.39 is 0 Å². The molecule has 88 valence electrons. The van der Waals surface area contributed by atoms with Crippen LogP contribution in [0.3, 0.4) is 0 Å². The molecule has 0 amide bonds. The smallest absolute Gasteiger partial charge is 0.0774 e. The summed E-state index contributed by atoms with van der Waals surface area (Å²) in [7, 11) is 0. The van der Waals surface area contributed by atoms with E-state index in [9.17, 15) is 5.11 Å². The maximum atomic E-state index is 10.5. The molecule has 15 heavy (non-hydrogen) atoms. The van der Waals surface area contributed by atoms with E-state index >= 15 is 0 Å². The normalized spacial score (nSPS) is 34.8. The highest BCUT2D eigenvalue weighted by Gasteiger charge is 2.39. The van der Waals surface area contributed by atoms with Gasteiger partial charge < -0.3 is 5.11 Å². The second kappa shape index (κ2) is 3.74. The molecule has 1 aliphatic heterocycles. The standard InChI is InChI=1S/C13H25NO/c1-11-4-9-14(11)10-13(15)7-5-12(2,3)6-8-13/h11,15H,4-10H2,1-3H3. The van der Waals surface area contributed by atoms with Gasteiger partial charge in [0.1, 0.15) is 0 Å². The Morgan fingerprint density at radius 1 is 1.20 bits per heavy atom. The van der Waals surface area contributed by atoms with Crippen molar-refractivity contribution in [1.29, 1.82) is 0 Å². The molecule has 0 spiro atoms. The van der Waals surface area contributed by atoms with E-state index in [2.05, 4.69) is 25.7 Å².